The molecule has 2 N–H and O–H groups in total. The lowest BCUT2D eigenvalue weighted by Crippen LogP contribution is -2.12. The van der Waals surface area contributed by atoms with E-state index in [1.807, 2.05) is 0 Å². The van der Waals surface area contributed by atoms with Crippen LogP contribution in [0.1, 0.15) is 10.4 Å². The zero-order valence-corrected chi connectivity index (χ0v) is 7.84. The van der Waals surface area contributed by atoms with E-state index in [9.17, 15) is 9.59 Å². The Balaban J connectivity index is 2.72. The highest BCUT2D eigenvalue weighted by atomic mass is 16.5. The van der Waals surface area contributed by atoms with Gasteiger partial charge < -0.3 is 14.9 Å². The van der Waals surface area contributed by atoms with Gasteiger partial charge in [0.25, 0.3) is 5.78 Å². The number of hydrogen-bond donors (Lipinski definition) is 2. The van der Waals surface area contributed by atoms with Crippen LogP contribution in [0.25, 0.3) is 0 Å². The van der Waals surface area contributed by atoms with Crippen molar-refractivity contribution in [2.45, 2.75) is 0 Å². The number of carbonyl (C=O) groups is 2. The van der Waals surface area contributed by atoms with Crippen LogP contribution in [0.15, 0.2) is 24.3 Å². The first-order chi connectivity index (χ1) is 7.15. The molecule has 0 aliphatic heterocycles. The Kier molecular flexibility index (Phi) is 3.82. The molecule has 1 aromatic carbocycles. The van der Waals surface area contributed by atoms with E-state index in [0.29, 0.717) is 5.75 Å². The number of aliphatic hydroxyl groups is 1. The van der Waals surface area contributed by atoms with Crippen molar-refractivity contribution in [1.82, 2.24) is 0 Å². The molecule has 0 bridgehead atoms. The molecule has 0 saturated carbocycles. The van der Waals surface area contributed by atoms with Crippen LogP contribution >= 0.6 is 0 Å². The van der Waals surface area contributed by atoms with Gasteiger partial charge in [-0.25, -0.2) is 4.79 Å². The fourth-order valence-electron chi connectivity index (χ4n) is 0.990. The average molecular weight is 210 g/mol. The standard InChI is InChI=1S/C10H10O5/c11-5-6-15-8-3-1-7(2-4-8)9(12)10(13)14/h1-4,11H,5-6H2,(H,13,14). The molecule has 0 amide bonds. The Bertz CT molecular complexity index is 355. The van der Waals surface area contributed by atoms with E-state index in [1.165, 1.54) is 24.3 Å². The van der Waals surface area contributed by atoms with Crippen molar-refractivity contribution in [3.8, 4) is 5.75 Å². The van der Waals surface area contributed by atoms with Crippen molar-refractivity contribution in [2.75, 3.05) is 13.2 Å². The van der Waals surface area contributed by atoms with Crippen molar-refractivity contribution < 1.29 is 24.5 Å². The normalized spacial score (nSPS) is 9.67. The van der Waals surface area contributed by atoms with Crippen LogP contribution in [0.5, 0.6) is 5.75 Å². The Hall–Kier alpha value is -1.88. The van der Waals surface area contributed by atoms with Gasteiger partial charge in [-0.2, -0.15) is 0 Å². The Morgan fingerprint density at radius 2 is 1.80 bits per heavy atom. The van der Waals surface area contributed by atoms with E-state index < -0.39 is 11.8 Å². The highest BCUT2D eigenvalue weighted by Crippen LogP contribution is 2.12. The summed E-state index contributed by atoms with van der Waals surface area (Å²) in [5.74, 6) is -1.96. The third kappa shape index (κ3) is 3.07. The third-order valence-electron chi connectivity index (χ3n) is 1.67. The lowest BCUT2D eigenvalue weighted by molar-refractivity contribution is -0.131. The summed E-state index contributed by atoms with van der Waals surface area (Å²) in [7, 11) is 0. The summed E-state index contributed by atoms with van der Waals surface area (Å²) in [6.45, 7) is 0.0576. The van der Waals surface area contributed by atoms with Gasteiger partial charge in [0.15, 0.2) is 0 Å². The van der Waals surface area contributed by atoms with Gasteiger partial charge in [-0.05, 0) is 24.3 Å². The van der Waals surface area contributed by atoms with Gasteiger partial charge in [0.05, 0.1) is 6.61 Å². The first-order valence-corrected chi connectivity index (χ1v) is 4.26. The monoisotopic (exact) mass is 210 g/mol. The predicted octanol–water partition coefficient (Wildman–Crippen LogP) is 0.325. The summed E-state index contributed by atoms with van der Waals surface area (Å²) in [4.78, 5) is 21.3. The average Bonchev–Trinajstić information content (AvgIpc) is 2.26. The van der Waals surface area contributed by atoms with Gasteiger partial charge >= 0.3 is 5.97 Å². The molecular weight excluding hydrogens is 200 g/mol. The summed E-state index contributed by atoms with van der Waals surface area (Å²) in [6, 6.07) is 5.68. The molecular formula is C10H10O5. The first kappa shape index (κ1) is 11.2. The summed E-state index contributed by atoms with van der Waals surface area (Å²) >= 11 is 0. The number of hydrogen-bond acceptors (Lipinski definition) is 4. The summed E-state index contributed by atoms with van der Waals surface area (Å²) in [6.07, 6.45) is 0. The molecule has 0 radical (unpaired) electrons. The molecule has 1 aromatic rings. The van der Waals surface area contributed by atoms with Gasteiger partial charge in [-0.3, -0.25) is 4.79 Å². The van der Waals surface area contributed by atoms with Crippen LogP contribution < -0.4 is 4.74 Å². The SMILES string of the molecule is O=C(O)C(=O)c1ccc(OCCO)cc1. The number of carboxylic acids is 1. The van der Waals surface area contributed by atoms with E-state index in [-0.39, 0.29) is 18.8 Å². The predicted molar refractivity (Wildman–Crippen MR) is 51.0 cm³/mol. The quantitative estimate of drug-likeness (QED) is 0.540. The molecule has 0 unspecified atom stereocenters. The van der Waals surface area contributed by atoms with Crippen molar-refractivity contribution in [3.63, 3.8) is 0 Å². The van der Waals surface area contributed by atoms with E-state index in [4.69, 9.17) is 14.9 Å². The largest absolute Gasteiger partial charge is 0.491 e. The van der Waals surface area contributed by atoms with Gasteiger partial charge in [0.1, 0.15) is 12.4 Å². The maximum absolute atomic E-state index is 11.0. The molecule has 0 aliphatic carbocycles. The number of aliphatic hydroxyl groups excluding tert-OH is 1. The van der Waals surface area contributed by atoms with Crippen molar-refractivity contribution in [3.05, 3.63) is 29.8 Å². The molecule has 5 nitrogen and oxygen atoms in total. The first-order valence-electron chi connectivity index (χ1n) is 4.26. The summed E-state index contributed by atoms with van der Waals surface area (Å²) < 4.78 is 5.04. The molecule has 80 valence electrons. The highest BCUT2D eigenvalue weighted by molar-refractivity contribution is 6.39. The van der Waals surface area contributed by atoms with E-state index in [2.05, 4.69) is 0 Å². The molecule has 1 rings (SSSR count). The number of benzene rings is 1. The lowest BCUT2D eigenvalue weighted by Gasteiger charge is -2.03. The van der Waals surface area contributed by atoms with Crippen LogP contribution in [-0.4, -0.2) is 35.2 Å². The number of ether oxygens (including phenoxy) is 1. The molecule has 0 atom stereocenters. The molecule has 0 fully saturated rings. The smallest absolute Gasteiger partial charge is 0.377 e. The minimum atomic E-state index is -1.49. The van der Waals surface area contributed by atoms with Gasteiger partial charge in [0, 0.05) is 5.56 Å². The Morgan fingerprint density at radius 3 is 2.27 bits per heavy atom. The van der Waals surface area contributed by atoms with Crippen LogP contribution in [0.4, 0.5) is 0 Å². The van der Waals surface area contributed by atoms with Crippen LogP contribution in [-0.2, 0) is 4.79 Å². The van der Waals surface area contributed by atoms with E-state index >= 15 is 0 Å². The Morgan fingerprint density at radius 1 is 1.20 bits per heavy atom. The maximum atomic E-state index is 11.0. The van der Waals surface area contributed by atoms with E-state index in [1.54, 1.807) is 0 Å². The molecule has 0 aromatic heterocycles. The molecule has 15 heavy (non-hydrogen) atoms. The number of rotatable bonds is 5. The zero-order valence-electron chi connectivity index (χ0n) is 7.84. The number of carbonyl (C=O) groups excluding carboxylic acids is 1. The fraction of sp³-hybridized carbons (Fsp3) is 0.200. The molecule has 0 heterocycles. The minimum Gasteiger partial charge on any atom is -0.491 e. The molecule has 0 aliphatic rings. The maximum Gasteiger partial charge on any atom is 0.377 e. The van der Waals surface area contributed by atoms with Gasteiger partial charge in [0.2, 0.25) is 0 Å². The second kappa shape index (κ2) is 5.11. The molecule has 0 spiro atoms. The number of carboxylic acid groups (broad SMARTS) is 1. The number of Topliss-reactive ketones (excluding diaryl/α,β-unsaturated/α-hetero) is 1. The van der Waals surface area contributed by atoms with Crippen molar-refractivity contribution in [2.24, 2.45) is 0 Å². The molecule has 0 saturated heterocycles. The van der Waals surface area contributed by atoms with E-state index in [0.717, 1.165) is 0 Å². The highest BCUT2D eigenvalue weighted by Gasteiger charge is 2.13. The van der Waals surface area contributed by atoms with Crippen molar-refractivity contribution in [1.29, 1.82) is 0 Å². The summed E-state index contributed by atoms with van der Waals surface area (Å²) in [5, 5.41) is 16.9. The van der Waals surface area contributed by atoms with Crippen LogP contribution in [0, 0.1) is 0 Å². The van der Waals surface area contributed by atoms with Crippen LogP contribution in [0.3, 0.4) is 0 Å². The third-order valence-corrected chi connectivity index (χ3v) is 1.67. The lowest BCUT2D eigenvalue weighted by atomic mass is 10.1. The topological polar surface area (TPSA) is 83.8 Å². The van der Waals surface area contributed by atoms with Gasteiger partial charge in [-0.15, -0.1) is 0 Å². The van der Waals surface area contributed by atoms with Gasteiger partial charge in [-0.1, -0.05) is 0 Å². The second-order valence-electron chi connectivity index (χ2n) is 2.73. The van der Waals surface area contributed by atoms with Crippen LogP contribution in [0.2, 0.25) is 0 Å². The minimum absolute atomic E-state index is 0.0962. The summed E-state index contributed by atoms with van der Waals surface area (Å²) in [5.41, 5.74) is 0.0962. The number of aliphatic carboxylic acids is 1. The molecule has 5 heteroatoms. The number of ketones is 1. The van der Waals surface area contributed by atoms with Crippen molar-refractivity contribution >= 4 is 11.8 Å². The second-order valence-corrected chi connectivity index (χ2v) is 2.73. The Labute approximate surface area is 85.9 Å². The fourth-order valence-corrected chi connectivity index (χ4v) is 0.990. The zero-order chi connectivity index (χ0) is 11.3.